The Bertz CT molecular complexity index is 640. The number of thiocarbonyl (C=S) groups is 1. The normalized spacial score (nSPS) is 16.2. The number of rotatable bonds is 7. The highest BCUT2D eigenvalue weighted by Crippen LogP contribution is 2.32. The Kier molecular flexibility index (Phi) is 6.18. The Labute approximate surface area is 144 Å². The van der Waals surface area contributed by atoms with Crippen molar-refractivity contribution in [2.45, 2.75) is 19.8 Å². The average Bonchev–Trinajstić information content (AvgIpc) is 2.78. The van der Waals surface area contributed by atoms with E-state index in [2.05, 4.69) is 0 Å². The molecule has 1 aromatic rings. The van der Waals surface area contributed by atoms with E-state index in [0.717, 1.165) is 17.7 Å². The Balaban J connectivity index is 2.06. The quantitative estimate of drug-likeness (QED) is 0.601. The topological polar surface area (TPSA) is 66.8 Å². The van der Waals surface area contributed by atoms with E-state index in [4.69, 9.17) is 22.1 Å². The predicted molar refractivity (Wildman–Crippen MR) is 94.4 cm³/mol. The molecule has 1 heterocycles. The lowest BCUT2D eigenvalue weighted by Gasteiger charge is -2.12. The molecule has 5 nitrogen and oxygen atoms in total. The van der Waals surface area contributed by atoms with Gasteiger partial charge >= 0.3 is 5.97 Å². The molecule has 0 saturated carbocycles. The number of carbonyl (C=O) groups is 2. The van der Waals surface area contributed by atoms with Gasteiger partial charge < -0.3 is 9.84 Å². The number of amides is 1. The van der Waals surface area contributed by atoms with Crippen molar-refractivity contribution in [3.05, 3.63) is 34.7 Å². The molecule has 7 heteroatoms. The van der Waals surface area contributed by atoms with Crippen LogP contribution in [0.2, 0.25) is 0 Å². The minimum atomic E-state index is -0.953. The molecular weight excluding hydrogens is 334 g/mol. The second kappa shape index (κ2) is 8.12. The van der Waals surface area contributed by atoms with Crippen molar-refractivity contribution in [1.82, 2.24) is 4.90 Å². The van der Waals surface area contributed by atoms with Gasteiger partial charge in [-0.2, -0.15) is 0 Å². The number of hydrogen-bond acceptors (Lipinski definition) is 5. The van der Waals surface area contributed by atoms with Gasteiger partial charge in [0.05, 0.1) is 17.9 Å². The number of benzene rings is 1. The average molecular weight is 351 g/mol. The van der Waals surface area contributed by atoms with Gasteiger partial charge in [0.25, 0.3) is 5.91 Å². The van der Waals surface area contributed by atoms with Crippen LogP contribution in [0.25, 0.3) is 6.08 Å². The van der Waals surface area contributed by atoms with Gasteiger partial charge in [-0.3, -0.25) is 14.5 Å². The summed E-state index contributed by atoms with van der Waals surface area (Å²) in [4.78, 5) is 24.7. The summed E-state index contributed by atoms with van der Waals surface area (Å²) in [5, 5.41) is 8.72. The summed E-state index contributed by atoms with van der Waals surface area (Å²) in [5.41, 5.74) is 0.868. The maximum absolute atomic E-state index is 12.3. The minimum absolute atomic E-state index is 0.0983. The van der Waals surface area contributed by atoms with Gasteiger partial charge in [-0.25, -0.2) is 0 Å². The number of hydrogen-bond donors (Lipinski definition) is 1. The van der Waals surface area contributed by atoms with Crippen LogP contribution in [-0.2, 0) is 9.59 Å². The fraction of sp³-hybridized carbons (Fsp3) is 0.312. The molecule has 1 aromatic carbocycles. The van der Waals surface area contributed by atoms with Crippen molar-refractivity contribution in [2.75, 3.05) is 13.2 Å². The lowest BCUT2D eigenvalue weighted by atomic mass is 10.2. The van der Waals surface area contributed by atoms with Crippen molar-refractivity contribution in [1.29, 1.82) is 0 Å². The van der Waals surface area contributed by atoms with Crippen LogP contribution in [0.4, 0.5) is 0 Å². The van der Waals surface area contributed by atoms with Crippen LogP contribution in [0.5, 0.6) is 5.75 Å². The van der Waals surface area contributed by atoms with Gasteiger partial charge in [0.2, 0.25) is 0 Å². The van der Waals surface area contributed by atoms with Crippen LogP contribution in [-0.4, -0.2) is 39.4 Å². The molecule has 1 N–H and O–H groups in total. The molecule has 122 valence electrons. The van der Waals surface area contributed by atoms with Crippen LogP contribution in [0, 0.1) is 0 Å². The molecule has 1 saturated heterocycles. The van der Waals surface area contributed by atoms with Crippen LogP contribution >= 0.6 is 24.0 Å². The number of carbonyl (C=O) groups excluding carboxylic acids is 1. The Morgan fingerprint density at radius 2 is 2.09 bits per heavy atom. The van der Waals surface area contributed by atoms with E-state index < -0.39 is 5.97 Å². The first-order valence-corrected chi connectivity index (χ1v) is 8.43. The SMILES string of the molecule is CCCOc1ccc(/C=C2/SC(=S)N(CCC(=O)O)C2=O)cc1. The highest BCUT2D eigenvalue weighted by atomic mass is 32.2. The van der Waals surface area contributed by atoms with Gasteiger partial charge in [0, 0.05) is 6.54 Å². The molecule has 0 aromatic heterocycles. The Morgan fingerprint density at radius 1 is 1.39 bits per heavy atom. The second-order valence-corrected chi connectivity index (χ2v) is 6.57. The highest BCUT2D eigenvalue weighted by Gasteiger charge is 2.31. The highest BCUT2D eigenvalue weighted by molar-refractivity contribution is 8.26. The van der Waals surface area contributed by atoms with E-state index in [9.17, 15) is 9.59 Å². The third kappa shape index (κ3) is 4.80. The molecule has 1 fully saturated rings. The van der Waals surface area contributed by atoms with Crippen LogP contribution < -0.4 is 4.74 Å². The summed E-state index contributed by atoms with van der Waals surface area (Å²) in [6.45, 7) is 2.81. The molecule has 0 bridgehead atoms. The van der Waals surface area contributed by atoms with Crippen molar-refractivity contribution in [3.8, 4) is 5.75 Å². The van der Waals surface area contributed by atoms with Crippen LogP contribution in [0.1, 0.15) is 25.3 Å². The molecule has 1 aliphatic rings. The molecule has 0 atom stereocenters. The number of aliphatic carboxylic acids is 1. The van der Waals surface area contributed by atoms with Crippen molar-refractivity contribution >= 4 is 46.3 Å². The summed E-state index contributed by atoms with van der Waals surface area (Å²) in [6.07, 6.45) is 2.58. The lowest BCUT2D eigenvalue weighted by Crippen LogP contribution is -2.30. The largest absolute Gasteiger partial charge is 0.494 e. The smallest absolute Gasteiger partial charge is 0.305 e. The fourth-order valence-corrected chi connectivity index (χ4v) is 3.24. The number of ether oxygens (including phenoxy) is 1. The molecule has 1 aliphatic heterocycles. The zero-order valence-corrected chi connectivity index (χ0v) is 14.3. The maximum atomic E-state index is 12.3. The summed E-state index contributed by atoms with van der Waals surface area (Å²) in [6, 6.07) is 7.45. The molecular formula is C16H17NO4S2. The fourth-order valence-electron chi connectivity index (χ4n) is 1.93. The lowest BCUT2D eigenvalue weighted by molar-refractivity contribution is -0.137. The number of thioether (sulfide) groups is 1. The Hall–Kier alpha value is -1.86. The molecule has 23 heavy (non-hydrogen) atoms. The maximum Gasteiger partial charge on any atom is 0.305 e. The summed E-state index contributed by atoms with van der Waals surface area (Å²) >= 11 is 6.34. The zero-order chi connectivity index (χ0) is 16.8. The number of carboxylic acid groups (broad SMARTS) is 1. The van der Waals surface area contributed by atoms with Gasteiger partial charge in [-0.05, 0) is 30.2 Å². The van der Waals surface area contributed by atoms with Crippen molar-refractivity contribution < 1.29 is 19.4 Å². The van der Waals surface area contributed by atoms with Gasteiger partial charge in [0.15, 0.2) is 0 Å². The van der Waals surface area contributed by atoms with E-state index in [-0.39, 0.29) is 18.9 Å². The zero-order valence-electron chi connectivity index (χ0n) is 12.7. The first kappa shape index (κ1) is 17.5. The van der Waals surface area contributed by atoms with E-state index >= 15 is 0 Å². The second-order valence-electron chi connectivity index (χ2n) is 4.89. The van der Waals surface area contributed by atoms with Gasteiger partial charge in [0.1, 0.15) is 10.1 Å². The van der Waals surface area contributed by atoms with Crippen LogP contribution in [0.3, 0.4) is 0 Å². The molecule has 0 radical (unpaired) electrons. The van der Waals surface area contributed by atoms with Gasteiger partial charge in [-0.1, -0.05) is 43.0 Å². The van der Waals surface area contributed by atoms with Gasteiger partial charge in [-0.15, -0.1) is 0 Å². The Morgan fingerprint density at radius 3 is 2.70 bits per heavy atom. The van der Waals surface area contributed by atoms with E-state index in [0.29, 0.717) is 15.8 Å². The van der Waals surface area contributed by atoms with E-state index in [1.807, 2.05) is 31.2 Å². The minimum Gasteiger partial charge on any atom is -0.494 e. The number of carboxylic acids is 1. The number of nitrogens with zero attached hydrogens (tertiary/aromatic N) is 1. The molecule has 0 unspecified atom stereocenters. The monoisotopic (exact) mass is 351 g/mol. The molecule has 2 rings (SSSR count). The predicted octanol–water partition coefficient (Wildman–Crippen LogP) is 3.15. The molecule has 0 spiro atoms. The molecule has 1 amide bonds. The first-order valence-electron chi connectivity index (χ1n) is 7.21. The summed E-state index contributed by atoms with van der Waals surface area (Å²) in [7, 11) is 0. The van der Waals surface area contributed by atoms with Crippen molar-refractivity contribution in [2.24, 2.45) is 0 Å². The first-order chi connectivity index (χ1) is 11.0. The summed E-state index contributed by atoms with van der Waals surface area (Å²) < 4.78 is 5.91. The van der Waals surface area contributed by atoms with Crippen molar-refractivity contribution in [3.63, 3.8) is 0 Å². The van der Waals surface area contributed by atoms with E-state index in [1.165, 1.54) is 16.7 Å². The van der Waals surface area contributed by atoms with Crippen LogP contribution in [0.15, 0.2) is 29.2 Å². The third-order valence-corrected chi connectivity index (χ3v) is 4.45. The summed E-state index contributed by atoms with van der Waals surface area (Å²) in [5.74, 6) is -0.406. The third-order valence-electron chi connectivity index (χ3n) is 3.07. The standard InChI is InChI=1S/C16H17NO4S2/c1-2-9-21-12-5-3-11(4-6-12)10-13-15(20)17(16(22)23-13)8-7-14(18)19/h3-6,10H,2,7-9H2,1H3,(H,18,19)/b13-10+. The molecule has 0 aliphatic carbocycles. The van der Waals surface area contributed by atoms with E-state index in [1.54, 1.807) is 6.08 Å².